The van der Waals surface area contributed by atoms with Crippen molar-refractivity contribution in [2.45, 2.75) is 31.7 Å². The molecule has 0 aromatic rings. The summed E-state index contributed by atoms with van der Waals surface area (Å²) in [6.45, 7) is 0. The van der Waals surface area contributed by atoms with E-state index in [1.807, 2.05) is 0 Å². The van der Waals surface area contributed by atoms with Gasteiger partial charge in [0.05, 0.1) is 0 Å². The monoisotopic (exact) mass is 170 g/mol. The van der Waals surface area contributed by atoms with Crippen LogP contribution in [0.3, 0.4) is 0 Å². The number of amides is 1. The lowest BCUT2D eigenvalue weighted by Crippen LogP contribution is -2.45. The number of nitrogens with one attached hydrogen (secondary N) is 2. The van der Waals surface area contributed by atoms with Crippen molar-refractivity contribution >= 4 is 6.09 Å². The van der Waals surface area contributed by atoms with E-state index in [-0.39, 0.29) is 0 Å². The second-order valence-electron chi connectivity index (χ2n) is 3.86. The topological polar surface area (TPSA) is 61.4 Å². The largest absolute Gasteiger partial charge is 0.464 e. The van der Waals surface area contributed by atoms with Crippen LogP contribution in [0.15, 0.2) is 0 Å². The van der Waals surface area contributed by atoms with E-state index in [2.05, 4.69) is 10.9 Å². The molecular formula is C8H14N2O2. The Morgan fingerprint density at radius 2 is 2.17 bits per heavy atom. The first-order valence-electron chi connectivity index (χ1n) is 4.50. The van der Waals surface area contributed by atoms with Crippen molar-refractivity contribution in [3.8, 4) is 0 Å². The molecule has 3 unspecified atom stereocenters. The highest BCUT2D eigenvalue weighted by Gasteiger charge is 2.39. The highest BCUT2D eigenvalue weighted by Crippen LogP contribution is 2.44. The molecule has 12 heavy (non-hydrogen) atoms. The predicted octanol–water partition coefficient (Wildman–Crippen LogP) is 0.947. The molecule has 2 saturated carbocycles. The molecule has 2 fully saturated rings. The van der Waals surface area contributed by atoms with E-state index in [4.69, 9.17) is 5.11 Å². The fourth-order valence-corrected chi connectivity index (χ4v) is 2.58. The Labute approximate surface area is 71.3 Å². The van der Waals surface area contributed by atoms with Crippen LogP contribution in [-0.2, 0) is 0 Å². The molecule has 0 heterocycles. The van der Waals surface area contributed by atoms with Gasteiger partial charge in [0.1, 0.15) is 0 Å². The molecule has 3 atom stereocenters. The molecular weight excluding hydrogens is 156 g/mol. The van der Waals surface area contributed by atoms with E-state index < -0.39 is 6.09 Å². The van der Waals surface area contributed by atoms with Crippen molar-refractivity contribution in [1.29, 1.82) is 0 Å². The third-order valence-electron chi connectivity index (χ3n) is 3.10. The molecule has 0 aromatic carbocycles. The van der Waals surface area contributed by atoms with Gasteiger partial charge < -0.3 is 5.11 Å². The van der Waals surface area contributed by atoms with Gasteiger partial charge in [-0.05, 0) is 31.1 Å². The highest BCUT2D eigenvalue weighted by molar-refractivity contribution is 5.63. The molecule has 68 valence electrons. The molecule has 0 aliphatic heterocycles. The first-order valence-corrected chi connectivity index (χ1v) is 4.50. The molecule has 0 saturated heterocycles. The smallest absolute Gasteiger partial charge is 0.419 e. The number of hydrogen-bond acceptors (Lipinski definition) is 2. The van der Waals surface area contributed by atoms with Crippen molar-refractivity contribution in [3.63, 3.8) is 0 Å². The number of carbonyl (C=O) groups is 1. The number of carboxylic acid groups (broad SMARTS) is 1. The summed E-state index contributed by atoms with van der Waals surface area (Å²) < 4.78 is 0. The zero-order valence-electron chi connectivity index (χ0n) is 6.92. The average Bonchev–Trinajstić information content (AvgIpc) is 2.60. The zero-order chi connectivity index (χ0) is 8.55. The zero-order valence-corrected chi connectivity index (χ0v) is 6.92. The molecule has 0 radical (unpaired) electrons. The van der Waals surface area contributed by atoms with E-state index in [9.17, 15) is 4.79 Å². The fraction of sp³-hybridized carbons (Fsp3) is 0.875. The van der Waals surface area contributed by atoms with Crippen LogP contribution in [0.4, 0.5) is 4.79 Å². The second-order valence-corrected chi connectivity index (χ2v) is 3.86. The maximum Gasteiger partial charge on any atom is 0.419 e. The van der Waals surface area contributed by atoms with E-state index in [1.54, 1.807) is 0 Å². The summed E-state index contributed by atoms with van der Waals surface area (Å²) in [5.74, 6) is 1.56. The van der Waals surface area contributed by atoms with Gasteiger partial charge in [0, 0.05) is 6.04 Å². The first kappa shape index (κ1) is 7.86. The van der Waals surface area contributed by atoms with Gasteiger partial charge in [-0.2, -0.15) is 0 Å². The Balaban J connectivity index is 1.79. The number of fused-ring (bicyclic) bond motifs is 2. The fourth-order valence-electron chi connectivity index (χ4n) is 2.58. The third-order valence-corrected chi connectivity index (χ3v) is 3.10. The van der Waals surface area contributed by atoms with Crippen LogP contribution in [0.1, 0.15) is 25.7 Å². The summed E-state index contributed by atoms with van der Waals surface area (Å²) in [7, 11) is 0. The van der Waals surface area contributed by atoms with Crippen LogP contribution < -0.4 is 10.9 Å². The lowest BCUT2D eigenvalue weighted by molar-refractivity contribution is 0.182. The molecule has 0 spiro atoms. The van der Waals surface area contributed by atoms with E-state index >= 15 is 0 Å². The van der Waals surface area contributed by atoms with Crippen molar-refractivity contribution in [3.05, 3.63) is 0 Å². The Morgan fingerprint density at radius 1 is 1.33 bits per heavy atom. The minimum atomic E-state index is -0.988. The van der Waals surface area contributed by atoms with Crippen LogP contribution in [0.5, 0.6) is 0 Å². The minimum absolute atomic E-state index is 0.389. The lowest BCUT2D eigenvalue weighted by Gasteiger charge is -2.22. The van der Waals surface area contributed by atoms with Gasteiger partial charge in [-0.1, -0.05) is 6.42 Å². The highest BCUT2D eigenvalue weighted by atomic mass is 16.4. The normalized spacial score (nSPS) is 38.5. The molecule has 1 amide bonds. The predicted molar refractivity (Wildman–Crippen MR) is 43.5 cm³/mol. The van der Waals surface area contributed by atoms with Crippen LogP contribution in [0, 0.1) is 11.8 Å². The first-order chi connectivity index (χ1) is 5.75. The summed E-state index contributed by atoms with van der Waals surface area (Å²) >= 11 is 0. The molecule has 0 aromatic heterocycles. The second kappa shape index (κ2) is 2.94. The Kier molecular flexibility index (Phi) is 1.92. The Bertz CT molecular complexity index is 195. The van der Waals surface area contributed by atoms with E-state index in [0.29, 0.717) is 12.0 Å². The Hall–Kier alpha value is -0.770. The van der Waals surface area contributed by atoms with E-state index in [0.717, 1.165) is 12.3 Å². The van der Waals surface area contributed by atoms with Crippen LogP contribution in [-0.4, -0.2) is 17.2 Å². The van der Waals surface area contributed by atoms with Crippen LogP contribution >= 0.6 is 0 Å². The van der Waals surface area contributed by atoms with Gasteiger partial charge in [-0.3, -0.25) is 5.43 Å². The third kappa shape index (κ3) is 1.39. The van der Waals surface area contributed by atoms with Gasteiger partial charge in [0.15, 0.2) is 0 Å². The van der Waals surface area contributed by atoms with Gasteiger partial charge in [-0.25, -0.2) is 10.2 Å². The number of hydrogen-bond donors (Lipinski definition) is 3. The van der Waals surface area contributed by atoms with Crippen molar-refractivity contribution < 1.29 is 9.90 Å². The standard InChI is InChI=1S/C8H14N2O2/c11-8(12)10-9-7-4-5-1-2-6(7)3-5/h5-7,9-10H,1-4H2,(H,11,12). The minimum Gasteiger partial charge on any atom is -0.464 e. The van der Waals surface area contributed by atoms with Crippen LogP contribution in [0.2, 0.25) is 0 Å². The summed E-state index contributed by atoms with van der Waals surface area (Å²) in [6, 6.07) is 0.389. The number of rotatable bonds is 2. The van der Waals surface area contributed by atoms with Gasteiger partial charge in [-0.15, -0.1) is 0 Å². The van der Waals surface area contributed by atoms with Gasteiger partial charge >= 0.3 is 6.09 Å². The SMILES string of the molecule is O=C(O)NNC1CC2CCC1C2. The summed E-state index contributed by atoms with van der Waals surface area (Å²) in [5, 5.41) is 8.37. The Morgan fingerprint density at radius 3 is 2.67 bits per heavy atom. The molecule has 2 rings (SSSR count). The molecule has 3 N–H and O–H groups in total. The van der Waals surface area contributed by atoms with Crippen molar-refractivity contribution in [1.82, 2.24) is 10.9 Å². The van der Waals surface area contributed by atoms with Crippen LogP contribution in [0.25, 0.3) is 0 Å². The van der Waals surface area contributed by atoms with Gasteiger partial charge in [0.2, 0.25) is 0 Å². The molecule has 2 aliphatic carbocycles. The summed E-state index contributed by atoms with van der Waals surface area (Å²) in [4.78, 5) is 10.2. The maximum absolute atomic E-state index is 10.2. The molecule has 4 heteroatoms. The van der Waals surface area contributed by atoms with Gasteiger partial charge in [0.25, 0.3) is 0 Å². The van der Waals surface area contributed by atoms with Crippen molar-refractivity contribution in [2.75, 3.05) is 0 Å². The van der Waals surface area contributed by atoms with E-state index in [1.165, 1.54) is 19.3 Å². The number of hydrazine groups is 1. The summed E-state index contributed by atoms with van der Waals surface area (Å²) in [6.07, 6.45) is 4.06. The maximum atomic E-state index is 10.2. The average molecular weight is 170 g/mol. The quantitative estimate of drug-likeness (QED) is 0.541. The molecule has 2 aliphatic rings. The lowest BCUT2D eigenvalue weighted by atomic mass is 9.96. The summed E-state index contributed by atoms with van der Waals surface area (Å²) in [5.41, 5.74) is 5.10. The molecule has 4 nitrogen and oxygen atoms in total. The molecule has 2 bridgehead atoms. The van der Waals surface area contributed by atoms with Crippen molar-refractivity contribution in [2.24, 2.45) is 11.8 Å².